The van der Waals surface area contributed by atoms with E-state index in [1.807, 2.05) is 68.4 Å². The van der Waals surface area contributed by atoms with Gasteiger partial charge in [0.15, 0.2) is 6.10 Å². The van der Waals surface area contributed by atoms with Crippen LogP contribution < -0.4 is 9.47 Å². The summed E-state index contributed by atoms with van der Waals surface area (Å²) >= 11 is 0. The molecule has 0 saturated heterocycles. The van der Waals surface area contributed by atoms with E-state index in [1.54, 1.807) is 12.1 Å². The molecule has 0 saturated carbocycles. The zero-order valence-corrected chi connectivity index (χ0v) is 17.2. The van der Waals surface area contributed by atoms with Crippen molar-refractivity contribution >= 4 is 5.97 Å². The highest BCUT2D eigenvalue weighted by Gasteiger charge is 2.20. The van der Waals surface area contributed by atoms with Gasteiger partial charge in [-0.25, -0.2) is 4.79 Å². The highest BCUT2D eigenvalue weighted by atomic mass is 16.5. The molecule has 5 heteroatoms. The van der Waals surface area contributed by atoms with Crippen LogP contribution in [0.15, 0.2) is 66.7 Å². The van der Waals surface area contributed by atoms with E-state index in [-0.39, 0.29) is 13.2 Å². The lowest BCUT2D eigenvalue weighted by Gasteiger charge is -2.16. The molecule has 0 aliphatic rings. The number of aliphatic hydroxyl groups excluding tert-OH is 1. The zero-order chi connectivity index (χ0) is 21.5. The number of aliphatic carboxylic acids is 1. The van der Waals surface area contributed by atoms with Crippen LogP contribution in [-0.4, -0.2) is 35.5 Å². The van der Waals surface area contributed by atoms with Crippen LogP contribution in [0.1, 0.15) is 16.7 Å². The molecule has 0 bridgehead atoms. The van der Waals surface area contributed by atoms with Crippen molar-refractivity contribution < 1.29 is 24.5 Å². The Bertz CT molecular complexity index is 957. The summed E-state index contributed by atoms with van der Waals surface area (Å²) in [4.78, 5) is 11.6. The Labute approximate surface area is 176 Å². The Morgan fingerprint density at radius 1 is 0.933 bits per heavy atom. The molecule has 0 fully saturated rings. The van der Waals surface area contributed by atoms with Gasteiger partial charge in [0, 0.05) is 6.42 Å². The number of carboxylic acid groups (broad SMARTS) is 1. The summed E-state index contributed by atoms with van der Waals surface area (Å²) in [5.74, 6) is 0.309. The Morgan fingerprint density at radius 2 is 1.57 bits per heavy atom. The molecule has 30 heavy (non-hydrogen) atoms. The molecular formula is C25H26O5. The van der Waals surface area contributed by atoms with Gasteiger partial charge < -0.3 is 19.7 Å². The molecule has 2 N–H and O–H groups in total. The Balaban J connectivity index is 1.75. The fraction of sp³-hybridized carbons (Fsp3) is 0.240. The van der Waals surface area contributed by atoms with Crippen molar-refractivity contribution in [2.75, 3.05) is 13.2 Å². The number of hydrogen-bond donors (Lipinski definition) is 2. The Hall–Kier alpha value is -3.31. The number of benzene rings is 3. The molecule has 156 valence electrons. The van der Waals surface area contributed by atoms with Crippen molar-refractivity contribution in [3.63, 3.8) is 0 Å². The fourth-order valence-corrected chi connectivity index (χ4v) is 3.39. The summed E-state index contributed by atoms with van der Waals surface area (Å²) in [6.45, 7) is 4.19. The Morgan fingerprint density at radius 3 is 2.13 bits per heavy atom. The summed E-state index contributed by atoms with van der Waals surface area (Å²) in [5, 5.41) is 18.5. The van der Waals surface area contributed by atoms with Crippen molar-refractivity contribution in [1.29, 1.82) is 0 Å². The topological polar surface area (TPSA) is 76.0 Å². The van der Waals surface area contributed by atoms with E-state index >= 15 is 0 Å². The van der Waals surface area contributed by atoms with Crippen LogP contribution in [0.25, 0.3) is 11.1 Å². The lowest BCUT2D eigenvalue weighted by Crippen LogP contribution is -2.29. The van der Waals surface area contributed by atoms with E-state index in [0.717, 1.165) is 33.6 Å². The van der Waals surface area contributed by atoms with Gasteiger partial charge in [-0.3, -0.25) is 0 Å². The summed E-state index contributed by atoms with van der Waals surface area (Å²) < 4.78 is 11.4. The van der Waals surface area contributed by atoms with Gasteiger partial charge in [-0.1, -0.05) is 42.5 Å². The van der Waals surface area contributed by atoms with Gasteiger partial charge in [-0.15, -0.1) is 0 Å². The molecule has 0 heterocycles. The molecule has 0 aliphatic carbocycles. The molecular weight excluding hydrogens is 380 g/mol. The first kappa shape index (κ1) is 21.4. The standard InChI is InChI=1S/C25H26O5/c1-17-14-21(15-18(2)24(17)29-13-12-26)20-8-10-22(11-9-20)30-23(25(27)28)16-19-6-4-3-5-7-19/h3-11,14-15,23,26H,12-13,16H2,1-2H3,(H,27,28). The molecule has 1 unspecified atom stereocenters. The molecule has 1 atom stereocenters. The van der Waals surface area contributed by atoms with Crippen LogP contribution in [0.4, 0.5) is 0 Å². The summed E-state index contributed by atoms with van der Waals surface area (Å²) in [6.07, 6.45) is -0.656. The first-order valence-corrected chi connectivity index (χ1v) is 9.86. The second-order valence-corrected chi connectivity index (χ2v) is 7.17. The largest absolute Gasteiger partial charge is 0.491 e. The zero-order valence-electron chi connectivity index (χ0n) is 17.2. The van der Waals surface area contributed by atoms with E-state index in [2.05, 4.69) is 0 Å². The van der Waals surface area contributed by atoms with Crippen LogP contribution in [-0.2, 0) is 11.2 Å². The van der Waals surface area contributed by atoms with Gasteiger partial charge in [0.1, 0.15) is 18.1 Å². The minimum absolute atomic E-state index is 0.0241. The molecule has 3 aromatic carbocycles. The molecule has 0 amide bonds. The molecule has 0 spiro atoms. The third-order valence-corrected chi connectivity index (χ3v) is 4.80. The lowest BCUT2D eigenvalue weighted by atomic mass is 9.99. The molecule has 0 aliphatic heterocycles. The fourth-order valence-electron chi connectivity index (χ4n) is 3.39. The second kappa shape index (κ2) is 9.94. The van der Waals surface area contributed by atoms with Crippen molar-refractivity contribution in [3.05, 3.63) is 83.4 Å². The maximum Gasteiger partial charge on any atom is 0.345 e. The average Bonchev–Trinajstić information content (AvgIpc) is 2.74. The van der Waals surface area contributed by atoms with Gasteiger partial charge in [0.25, 0.3) is 0 Å². The highest BCUT2D eigenvalue weighted by Crippen LogP contribution is 2.31. The van der Waals surface area contributed by atoms with Crippen molar-refractivity contribution in [2.45, 2.75) is 26.4 Å². The second-order valence-electron chi connectivity index (χ2n) is 7.17. The van der Waals surface area contributed by atoms with E-state index in [4.69, 9.17) is 14.6 Å². The number of aryl methyl sites for hydroxylation is 2. The number of hydrogen-bond acceptors (Lipinski definition) is 4. The van der Waals surface area contributed by atoms with Crippen LogP contribution >= 0.6 is 0 Å². The predicted octanol–water partition coefficient (Wildman–Crippen LogP) is 4.42. The summed E-state index contributed by atoms with van der Waals surface area (Å²) in [6, 6.07) is 20.9. The summed E-state index contributed by atoms with van der Waals surface area (Å²) in [7, 11) is 0. The molecule has 0 aromatic heterocycles. The third kappa shape index (κ3) is 5.39. The number of aliphatic hydroxyl groups is 1. The Kier molecular flexibility index (Phi) is 7.09. The number of carbonyl (C=O) groups is 1. The van der Waals surface area contributed by atoms with Gasteiger partial charge in [0.05, 0.1) is 6.61 Å². The number of rotatable bonds is 9. The smallest absolute Gasteiger partial charge is 0.345 e. The van der Waals surface area contributed by atoms with Crippen LogP contribution in [0.2, 0.25) is 0 Å². The van der Waals surface area contributed by atoms with Crippen LogP contribution in [0, 0.1) is 13.8 Å². The molecule has 5 nitrogen and oxygen atoms in total. The normalized spacial score (nSPS) is 11.7. The highest BCUT2D eigenvalue weighted by molar-refractivity contribution is 5.73. The van der Waals surface area contributed by atoms with E-state index < -0.39 is 12.1 Å². The molecule has 3 aromatic rings. The predicted molar refractivity (Wildman–Crippen MR) is 116 cm³/mol. The quantitative estimate of drug-likeness (QED) is 0.550. The van der Waals surface area contributed by atoms with Gasteiger partial charge in [-0.2, -0.15) is 0 Å². The van der Waals surface area contributed by atoms with E-state index in [0.29, 0.717) is 12.2 Å². The van der Waals surface area contributed by atoms with Crippen molar-refractivity contribution in [1.82, 2.24) is 0 Å². The first-order valence-electron chi connectivity index (χ1n) is 9.86. The van der Waals surface area contributed by atoms with Gasteiger partial charge >= 0.3 is 5.97 Å². The molecule has 3 rings (SSSR count). The van der Waals surface area contributed by atoms with Crippen molar-refractivity contribution in [3.8, 4) is 22.6 Å². The maximum atomic E-state index is 11.6. The van der Waals surface area contributed by atoms with Crippen LogP contribution in [0.3, 0.4) is 0 Å². The number of carboxylic acids is 1. The van der Waals surface area contributed by atoms with E-state index in [9.17, 15) is 9.90 Å². The minimum Gasteiger partial charge on any atom is -0.491 e. The SMILES string of the molecule is Cc1cc(-c2ccc(OC(Cc3ccccc3)C(=O)O)cc2)cc(C)c1OCCO. The number of ether oxygens (including phenoxy) is 2. The average molecular weight is 406 g/mol. The third-order valence-electron chi connectivity index (χ3n) is 4.80. The van der Waals surface area contributed by atoms with Crippen LogP contribution in [0.5, 0.6) is 11.5 Å². The van der Waals surface area contributed by atoms with Gasteiger partial charge in [-0.05, 0) is 65.9 Å². The molecule has 0 radical (unpaired) electrons. The van der Waals surface area contributed by atoms with E-state index in [1.165, 1.54) is 0 Å². The minimum atomic E-state index is -0.993. The monoisotopic (exact) mass is 406 g/mol. The lowest BCUT2D eigenvalue weighted by molar-refractivity contribution is -0.145. The maximum absolute atomic E-state index is 11.6. The van der Waals surface area contributed by atoms with Crippen molar-refractivity contribution in [2.24, 2.45) is 0 Å². The summed E-state index contributed by atoms with van der Waals surface area (Å²) in [5.41, 5.74) is 4.93. The van der Waals surface area contributed by atoms with Gasteiger partial charge in [0.2, 0.25) is 0 Å². The first-order chi connectivity index (χ1) is 14.5.